The van der Waals surface area contributed by atoms with E-state index in [1.807, 2.05) is 0 Å². The molecule has 0 saturated carbocycles. The predicted molar refractivity (Wildman–Crippen MR) is 50.4 cm³/mol. The Balaban J connectivity index is 2.47. The second-order valence-electron chi connectivity index (χ2n) is 2.82. The van der Waals surface area contributed by atoms with E-state index in [1.54, 1.807) is 18.2 Å². The van der Waals surface area contributed by atoms with Crippen LogP contribution in [0, 0.1) is 0 Å². The van der Waals surface area contributed by atoms with Crippen LogP contribution >= 0.6 is 0 Å². The number of hydrogen-bond acceptors (Lipinski definition) is 4. The normalized spacial score (nSPS) is 11.8. The molecule has 80 valence electrons. The molecule has 0 aliphatic rings. The third-order valence-electron chi connectivity index (χ3n) is 1.67. The zero-order chi connectivity index (χ0) is 11.3. The number of esters is 1. The number of carbonyl (C=O) groups is 2. The minimum Gasteiger partial charge on any atom is -0.479 e. The monoisotopic (exact) mass is 210 g/mol. The lowest BCUT2D eigenvalue weighted by Crippen LogP contribution is -2.26. The third kappa shape index (κ3) is 3.40. The van der Waals surface area contributed by atoms with Gasteiger partial charge in [0.1, 0.15) is 6.61 Å². The summed E-state index contributed by atoms with van der Waals surface area (Å²) < 4.78 is 4.58. The van der Waals surface area contributed by atoms with E-state index in [0.29, 0.717) is 5.56 Å². The summed E-state index contributed by atoms with van der Waals surface area (Å²) in [5.74, 6) is -2.08. The molecule has 0 aliphatic carbocycles. The topological polar surface area (TPSA) is 83.8 Å². The molecular formula is C10H10O5. The van der Waals surface area contributed by atoms with Crippen LogP contribution in [0.3, 0.4) is 0 Å². The van der Waals surface area contributed by atoms with E-state index in [2.05, 4.69) is 4.74 Å². The maximum atomic E-state index is 11.2. The fraction of sp³-hybridized carbons (Fsp3) is 0.200. The van der Waals surface area contributed by atoms with E-state index in [9.17, 15) is 9.59 Å². The average molecular weight is 210 g/mol. The highest BCUT2D eigenvalue weighted by atomic mass is 16.5. The number of aliphatic hydroxyl groups is 1. The van der Waals surface area contributed by atoms with Gasteiger partial charge in [0.25, 0.3) is 0 Å². The van der Waals surface area contributed by atoms with Gasteiger partial charge in [0, 0.05) is 0 Å². The first-order chi connectivity index (χ1) is 7.11. The van der Waals surface area contributed by atoms with Gasteiger partial charge in [-0.15, -0.1) is 0 Å². The molecule has 0 fully saturated rings. The first-order valence-corrected chi connectivity index (χ1v) is 4.24. The van der Waals surface area contributed by atoms with E-state index < -0.39 is 24.6 Å². The predicted octanol–water partition coefficient (Wildman–Crippen LogP) is 0.289. The molecule has 0 radical (unpaired) electrons. The summed E-state index contributed by atoms with van der Waals surface area (Å²) in [4.78, 5) is 21.5. The van der Waals surface area contributed by atoms with Crippen molar-refractivity contribution in [2.24, 2.45) is 0 Å². The Bertz CT molecular complexity index is 346. The Kier molecular flexibility index (Phi) is 3.82. The number of carboxylic acids is 1. The lowest BCUT2D eigenvalue weighted by atomic mass is 10.2. The molecule has 1 aromatic rings. The number of carboxylic acid groups (broad SMARTS) is 1. The van der Waals surface area contributed by atoms with Crippen LogP contribution in [-0.4, -0.2) is 34.9 Å². The van der Waals surface area contributed by atoms with Crippen LogP contribution in [0.25, 0.3) is 0 Å². The quantitative estimate of drug-likeness (QED) is 0.698. The van der Waals surface area contributed by atoms with Gasteiger partial charge in [0.2, 0.25) is 0 Å². The SMILES string of the molecule is O=C(OCC(O)C(=O)O)c1ccccc1. The number of aliphatic hydroxyl groups excluding tert-OH is 1. The minimum atomic E-state index is -1.68. The smallest absolute Gasteiger partial charge is 0.338 e. The highest BCUT2D eigenvalue weighted by Crippen LogP contribution is 2.01. The molecule has 0 spiro atoms. The standard InChI is InChI=1S/C10H10O5/c11-8(9(12)13)6-15-10(14)7-4-2-1-3-5-7/h1-5,8,11H,6H2,(H,12,13). The second-order valence-corrected chi connectivity index (χ2v) is 2.82. The van der Waals surface area contributed by atoms with E-state index >= 15 is 0 Å². The summed E-state index contributed by atoms with van der Waals surface area (Å²) in [7, 11) is 0. The Labute approximate surface area is 85.9 Å². The van der Waals surface area contributed by atoms with Gasteiger partial charge in [0.15, 0.2) is 6.10 Å². The number of carbonyl (C=O) groups excluding carboxylic acids is 1. The molecular weight excluding hydrogens is 200 g/mol. The van der Waals surface area contributed by atoms with Crippen molar-refractivity contribution in [1.29, 1.82) is 0 Å². The average Bonchev–Trinajstić information content (AvgIpc) is 2.26. The summed E-state index contributed by atoms with van der Waals surface area (Å²) in [6.45, 7) is -0.553. The first kappa shape index (κ1) is 11.2. The molecule has 0 bridgehead atoms. The van der Waals surface area contributed by atoms with Crippen LogP contribution < -0.4 is 0 Å². The molecule has 0 aliphatic heterocycles. The maximum absolute atomic E-state index is 11.2. The van der Waals surface area contributed by atoms with Gasteiger partial charge < -0.3 is 14.9 Å². The number of rotatable bonds is 4. The van der Waals surface area contributed by atoms with Gasteiger partial charge in [-0.05, 0) is 12.1 Å². The van der Waals surface area contributed by atoms with Gasteiger partial charge in [0.05, 0.1) is 5.56 Å². The van der Waals surface area contributed by atoms with Crippen molar-refractivity contribution in [2.75, 3.05) is 6.61 Å². The zero-order valence-corrected chi connectivity index (χ0v) is 7.79. The highest BCUT2D eigenvalue weighted by Gasteiger charge is 2.16. The van der Waals surface area contributed by atoms with Gasteiger partial charge in [-0.2, -0.15) is 0 Å². The molecule has 0 aromatic heterocycles. The van der Waals surface area contributed by atoms with Crippen LogP contribution in [0.1, 0.15) is 10.4 Å². The molecule has 5 heteroatoms. The molecule has 0 saturated heterocycles. The largest absolute Gasteiger partial charge is 0.479 e. The van der Waals surface area contributed by atoms with E-state index in [-0.39, 0.29) is 0 Å². The molecule has 1 rings (SSSR count). The van der Waals surface area contributed by atoms with Crippen LogP contribution in [0.2, 0.25) is 0 Å². The number of benzene rings is 1. The van der Waals surface area contributed by atoms with Crippen LogP contribution in [0.4, 0.5) is 0 Å². The summed E-state index contributed by atoms with van der Waals surface area (Å²) in [6, 6.07) is 8.13. The van der Waals surface area contributed by atoms with Gasteiger partial charge >= 0.3 is 11.9 Å². The zero-order valence-electron chi connectivity index (χ0n) is 7.79. The lowest BCUT2D eigenvalue weighted by Gasteiger charge is -2.06. The molecule has 0 amide bonds. The van der Waals surface area contributed by atoms with Crippen molar-refractivity contribution in [3.63, 3.8) is 0 Å². The molecule has 1 unspecified atom stereocenters. The van der Waals surface area contributed by atoms with Crippen molar-refractivity contribution in [1.82, 2.24) is 0 Å². The Morgan fingerprint density at radius 1 is 1.27 bits per heavy atom. The molecule has 2 N–H and O–H groups in total. The third-order valence-corrected chi connectivity index (χ3v) is 1.67. The molecule has 1 aromatic carbocycles. The maximum Gasteiger partial charge on any atom is 0.338 e. The van der Waals surface area contributed by atoms with Crippen LogP contribution in [0.15, 0.2) is 30.3 Å². The Hall–Kier alpha value is -1.88. The van der Waals surface area contributed by atoms with E-state index in [1.165, 1.54) is 12.1 Å². The summed E-state index contributed by atoms with van der Waals surface area (Å²) in [6.07, 6.45) is -1.68. The van der Waals surface area contributed by atoms with Crippen LogP contribution in [-0.2, 0) is 9.53 Å². The van der Waals surface area contributed by atoms with Crippen molar-refractivity contribution in [3.8, 4) is 0 Å². The second kappa shape index (κ2) is 5.11. The first-order valence-electron chi connectivity index (χ1n) is 4.24. The summed E-state index contributed by atoms with van der Waals surface area (Å²) in [5, 5.41) is 17.2. The highest BCUT2D eigenvalue weighted by molar-refractivity contribution is 5.89. The van der Waals surface area contributed by atoms with Crippen LogP contribution in [0.5, 0.6) is 0 Å². The number of hydrogen-bond donors (Lipinski definition) is 2. The van der Waals surface area contributed by atoms with Gasteiger partial charge in [-0.3, -0.25) is 0 Å². The number of aliphatic carboxylic acids is 1. The van der Waals surface area contributed by atoms with E-state index in [4.69, 9.17) is 10.2 Å². The number of ether oxygens (including phenoxy) is 1. The van der Waals surface area contributed by atoms with Crippen molar-refractivity contribution >= 4 is 11.9 Å². The molecule has 15 heavy (non-hydrogen) atoms. The molecule has 1 atom stereocenters. The summed E-state index contributed by atoms with van der Waals surface area (Å²) in [5.41, 5.74) is 0.315. The minimum absolute atomic E-state index is 0.315. The summed E-state index contributed by atoms with van der Waals surface area (Å²) >= 11 is 0. The van der Waals surface area contributed by atoms with Gasteiger partial charge in [-0.1, -0.05) is 18.2 Å². The molecule has 0 heterocycles. The van der Waals surface area contributed by atoms with E-state index in [0.717, 1.165) is 0 Å². The van der Waals surface area contributed by atoms with Crippen molar-refractivity contribution in [2.45, 2.75) is 6.10 Å². The fourth-order valence-electron chi connectivity index (χ4n) is 0.883. The fourth-order valence-corrected chi connectivity index (χ4v) is 0.883. The molecule has 5 nitrogen and oxygen atoms in total. The Morgan fingerprint density at radius 3 is 2.40 bits per heavy atom. The Morgan fingerprint density at radius 2 is 1.87 bits per heavy atom. The van der Waals surface area contributed by atoms with Crippen molar-refractivity contribution in [3.05, 3.63) is 35.9 Å². The van der Waals surface area contributed by atoms with Gasteiger partial charge in [-0.25, -0.2) is 9.59 Å². The lowest BCUT2D eigenvalue weighted by molar-refractivity contribution is -0.148. The van der Waals surface area contributed by atoms with Crippen molar-refractivity contribution < 1.29 is 24.5 Å².